The quantitative estimate of drug-likeness (QED) is 0.772. The molecule has 0 radical (unpaired) electrons. The summed E-state index contributed by atoms with van der Waals surface area (Å²) in [5.74, 6) is 0.256. The highest BCUT2D eigenvalue weighted by molar-refractivity contribution is 5.92. The molecule has 0 spiro atoms. The van der Waals surface area contributed by atoms with Crippen LogP contribution in [0.15, 0.2) is 16.9 Å². The summed E-state index contributed by atoms with van der Waals surface area (Å²) < 4.78 is 4.63. The Morgan fingerprint density at radius 1 is 1.60 bits per heavy atom. The van der Waals surface area contributed by atoms with Crippen molar-refractivity contribution in [2.45, 2.75) is 12.8 Å². The van der Waals surface area contributed by atoms with Crippen LogP contribution in [0.5, 0.6) is 0 Å². The number of rotatable bonds is 2. The Balaban J connectivity index is 1.93. The predicted molar refractivity (Wildman–Crippen MR) is 52.2 cm³/mol. The van der Waals surface area contributed by atoms with E-state index in [0.717, 1.165) is 12.8 Å². The molecule has 1 aromatic heterocycles. The summed E-state index contributed by atoms with van der Waals surface area (Å²) in [6.45, 7) is 1.60. The van der Waals surface area contributed by atoms with Crippen molar-refractivity contribution >= 4 is 5.91 Å². The lowest BCUT2D eigenvalue weighted by atomic mass is 9.98. The molecule has 1 aliphatic rings. The van der Waals surface area contributed by atoms with Gasteiger partial charge in [-0.25, -0.2) is 0 Å². The minimum Gasteiger partial charge on any atom is -0.396 e. The highest BCUT2D eigenvalue weighted by atomic mass is 16.5. The van der Waals surface area contributed by atoms with E-state index < -0.39 is 0 Å². The highest BCUT2D eigenvalue weighted by Gasteiger charge is 2.24. The summed E-state index contributed by atoms with van der Waals surface area (Å²) in [4.78, 5) is 13.6. The van der Waals surface area contributed by atoms with Gasteiger partial charge in [-0.1, -0.05) is 5.16 Å². The molecule has 5 heteroatoms. The predicted octanol–water partition coefficient (Wildman–Crippen LogP) is 0.519. The number of aliphatic hydroxyl groups is 1. The van der Waals surface area contributed by atoms with Crippen LogP contribution >= 0.6 is 0 Å². The number of nitrogens with zero attached hydrogens (tertiary/aromatic N) is 2. The minimum atomic E-state index is -0.0832. The number of carbonyl (C=O) groups excluding carboxylic acids is 1. The summed E-state index contributed by atoms with van der Waals surface area (Å²) in [5.41, 5.74) is 0.359. The third-order valence-corrected chi connectivity index (χ3v) is 2.82. The van der Waals surface area contributed by atoms with Crippen LogP contribution in [0.4, 0.5) is 0 Å². The lowest BCUT2D eigenvalue weighted by Gasteiger charge is -2.30. The van der Waals surface area contributed by atoms with Crippen molar-refractivity contribution in [2.24, 2.45) is 5.92 Å². The smallest absolute Gasteiger partial charge is 0.276 e. The van der Waals surface area contributed by atoms with E-state index in [1.807, 2.05) is 0 Å². The Morgan fingerprint density at radius 3 is 2.87 bits per heavy atom. The van der Waals surface area contributed by atoms with Crippen LogP contribution in [0.3, 0.4) is 0 Å². The molecule has 15 heavy (non-hydrogen) atoms. The molecule has 0 aliphatic carbocycles. The third-order valence-electron chi connectivity index (χ3n) is 2.82. The van der Waals surface area contributed by atoms with E-state index in [9.17, 15) is 4.79 Å². The maximum absolute atomic E-state index is 11.8. The number of aromatic nitrogens is 1. The lowest BCUT2D eigenvalue weighted by molar-refractivity contribution is 0.0641. The fourth-order valence-electron chi connectivity index (χ4n) is 1.80. The monoisotopic (exact) mass is 210 g/mol. The lowest BCUT2D eigenvalue weighted by Crippen LogP contribution is -2.39. The van der Waals surface area contributed by atoms with Gasteiger partial charge in [-0.3, -0.25) is 4.79 Å². The zero-order chi connectivity index (χ0) is 10.7. The van der Waals surface area contributed by atoms with Crippen molar-refractivity contribution in [3.05, 3.63) is 18.0 Å². The number of aliphatic hydroxyl groups excluding tert-OH is 1. The molecule has 0 saturated carbocycles. The zero-order valence-electron chi connectivity index (χ0n) is 8.43. The maximum atomic E-state index is 11.8. The van der Waals surface area contributed by atoms with Crippen LogP contribution in [0.2, 0.25) is 0 Å². The van der Waals surface area contributed by atoms with E-state index in [-0.39, 0.29) is 12.5 Å². The Morgan fingerprint density at radius 2 is 2.33 bits per heavy atom. The average molecular weight is 210 g/mol. The third kappa shape index (κ3) is 2.18. The van der Waals surface area contributed by atoms with Gasteiger partial charge in [-0.2, -0.15) is 0 Å². The second-order valence-corrected chi connectivity index (χ2v) is 3.80. The van der Waals surface area contributed by atoms with E-state index >= 15 is 0 Å². The number of hydrogen-bond acceptors (Lipinski definition) is 4. The SMILES string of the molecule is O=C(c1ccon1)N1CCC(CO)CC1. The van der Waals surface area contributed by atoms with Crippen LogP contribution in [-0.4, -0.2) is 40.8 Å². The second-order valence-electron chi connectivity index (χ2n) is 3.80. The first-order chi connectivity index (χ1) is 7.31. The maximum Gasteiger partial charge on any atom is 0.276 e. The van der Waals surface area contributed by atoms with Crippen molar-refractivity contribution in [3.8, 4) is 0 Å². The standard InChI is InChI=1S/C10H14N2O3/c13-7-8-1-4-12(5-2-8)10(14)9-3-6-15-11-9/h3,6,8,13H,1-2,4-5,7H2. The van der Waals surface area contributed by atoms with Gasteiger partial charge in [-0.05, 0) is 18.8 Å². The summed E-state index contributed by atoms with van der Waals surface area (Å²) in [6.07, 6.45) is 3.12. The van der Waals surface area contributed by atoms with Crippen molar-refractivity contribution < 1.29 is 14.4 Å². The Labute approximate surface area is 87.7 Å². The van der Waals surface area contributed by atoms with Gasteiger partial charge in [0.15, 0.2) is 5.69 Å². The Bertz CT molecular complexity index is 315. The van der Waals surface area contributed by atoms with Crippen molar-refractivity contribution in [3.63, 3.8) is 0 Å². The summed E-state index contributed by atoms with van der Waals surface area (Å²) in [6, 6.07) is 1.57. The summed E-state index contributed by atoms with van der Waals surface area (Å²) in [7, 11) is 0. The number of amides is 1. The largest absolute Gasteiger partial charge is 0.396 e. The van der Waals surface area contributed by atoms with Crippen LogP contribution in [-0.2, 0) is 0 Å². The van der Waals surface area contributed by atoms with Gasteiger partial charge in [0, 0.05) is 25.8 Å². The molecule has 1 aromatic rings. The van der Waals surface area contributed by atoms with Gasteiger partial charge < -0.3 is 14.5 Å². The average Bonchev–Trinajstić information content (AvgIpc) is 2.82. The van der Waals surface area contributed by atoms with Gasteiger partial charge in [0.1, 0.15) is 6.26 Å². The molecule has 0 bridgehead atoms. The van der Waals surface area contributed by atoms with Crippen LogP contribution in [0.1, 0.15) is 23.3 Å². The van der Waals surface area contributed by atoms with Gasteiger partial charge in [0.25, 0.3) is 5.91 Å². The number of hydrogen-bond donors (Lipinski definition) is 1. The normalized spacial score (nSPS) is 18.1. The topological polar surface area (TPSA) is 66.6 Å². The van der Waals surface area contributed by atoms with Gasteiger partial charge >= 0.3 is 0 Å². The highest BCUT2D eigenvalue weighted by Crippen LogP contribution is 2.17. The molecule has 1 N–H and O–H groups in total. The molecule has 82 valence electrons. The first-order valence-corrected chi connectivity index (χ1v) is 5.12. The van der Waals surface area contributed by atoms with Crippen molar-refractivity contribution in [1.29, 1.82) is 0 Å². The molecule has 2 rings (SSSR count). The van der Waals surface area contributed by atoms with Crippen molar-refractivity contribution in [1.82, 2.24) is 10.1 Å². The van der Waals surface area contributed by atoms with Gasteiger partial charge in [0.2, 0.25) is 0 Å². The molecule has 1 amide bonds. The molecule has 0 unspecified atom stereocenters. The molecule has 1 saturated heterocycles. The Kier molecular flexibility index (Phi) is 3.01. The summed E-state index contributed by atoms with van der Waals surface area (Å²) >= 11 is 0. The molecule has 5 nitrogen and oxygen atoms in total. The molecule has 0 atom stereocenters. The second kappa shape index (κ2) is 4.44. The zero-order valence-corrected chi connectivity index (χ0v) is 8.43. The van der Waals surface area contributed by atoms with Crippen LogP contribution < -0.4 is 0 Å². The number of carbonyl (C=O) groups is 1. The van der Waals surface area contributed by atoms with E-state index in [1.54, 1.807) is 11.0 Å². The van der Waals surface area contributed by atoms with Gasteiger partial charge in [-0.15, -0.1) is 0 Å². The first kappa shape index (κ1) is 10.2. The fourth-order valence-corrected chi connectivity index (χ4v) is 1.80. The molecular weight excluding hydrogens is 196 g/mol. The molecule has 0 aromatic carbocycles. The van der Waals surface area contributed by atoms with Crippen LogP contribution in [0.25, 0.3) is 0 Å². The minimum absolute atomic E-state index is 0.0832. The van der Waals surface area contributed by atoms with Crippen molar-refractivity contribution in [2.75, 3.05) is 19.7 Å². The molecule has 2 heterocycles. The molecular formula is C10H14N2O3. The van der Waals surface area contributed by atoms with E-state index in [2.05, 4.69) is 9.68 Å². The van der Waals surface area contributed by atoms with Gasteiger partial charge in [0.05, 0.1) is 0 Å². The van der Waals surface area contributed by atoms with E-state index in [1.165, 1.54) is 6.26 Å². The van der Waals surface area contributed by atoms with Crippen LogP contribution in [0, 0.1) is 5.92 Å². The van der Waals surface area contributed by atoms with E-state index in [0.29, 0.717) is 24.7 Å². The molecule has 1 fully saturated rings. The Hall–Kier alpha value is -1.36. The first-order valence-electron chi connectivity index (χ1n) is 5.12. The number of piperidine rings is 1. The molecule has 1 aliphatic heterocycles. The fraction of sp³-hybridized carbons (Fsp3) is 0.600. The number of likely N-dealkylation sites (tertiary alicyclic amines) is 1. The van der Waals surface area contributed by atoms with E-state index in [4.69, 9.17) is 5.11 Å². The summed E-state index contributed by atoms with van der Waals surface area (Å²) in [5, 5.41) is 12.6.